The summed E-state index contributed by atoms with van der Waals surface area (Å²) in [5, 5.41) is 9.21. The van der Waals surface area contributed by atoms with Crippen LogP contribution in [0.15, 0.2) is 18.2 Å². The Labute approximate surface area is 122 Å². The number of nitrogens with two attached hydrogens (primary N) is 1. The predicted octanol–water partition coefficient (Wildman–Crippen LogP) is 1.24. The maximum absolute atomic E-state index is 12.7. The number of nitrogens with zero attached hydrogens (tertiary/aromatic N) is 1. The van der Waals surface area contributed by atoms with Gasteiger partial charge in [-0.2, -0.15) is 0 Å². The quantitative estimate of drug-likeness (QED) is 0.854. The van der Waals surface area contributed by atoms with Crippen LogP contribution in [0, 0.1) is 5.92 Å². The Morgan fingerprint density at radius 1 is 1.33 bits per heavy atom. The molecular weight excluding hydrogens is 272 g/mol. The number of carboxylic acids is 1. The summed E-state index contributed by atoms with van der Waals surface area (Å²) >= 11 is 0. The topological polar surface area (TPSA) is 92.9 Å². The number of carboxylic acid groups (broad SMARTS) is 1. The lowest BCUT2D eigenvalue weighted by atomic mass is 10.0. The number of anilines is 1. The van der Waals surface area contributed by atoms with Crippen molar-refractivity contribution >= 4 is 17.6 Å². The molecule has 1 saturated carbocycles. The van der Waals surface area contributed by atoms with Gasteiger partial charge in [0.25, 0.3) is 0 Å². The number of carbonyl (C=O) groups excluding carboxylic acids is 1. The van der Waals surface area contributed by atoms with Gasteiger partial charge in [-0.1, -0.05) is 6.07 Å². The van der Waals surface area contributed by atoms with Crippen LogP contribution in [-0.2, 0) is 4.79 Å². The molecule has 0 bridgehead atoms. The summed E-state index contributed by atoms with van der Waals surface area (Å²) in [6.07, 6.45) is 2.36. The highest BCUT2D eigenvalue weighted by molar-refractivity contribution is 6.00. The van der Waals surface area contributed by atoms with Gasteiger partial charge in [0.2, 0.25) is 5.91 Å². The van der Waals surface area contributed by atoms with Crippen molar-refractivity contribution in [3.63, 3.8) is 0 Å². The van der Waals surface area contributed by atoms with Crippen LogP contribution in [0.1, 0.15) is 29.6 Å². The molecule has 0 aromatic heterocycles. The first-order valence-corrected chi connectivity index (χ1v) is 7.14. The number of fused-ring (bicyclic) bond motifs is 1. The van der Waals surface area contributed by atoms with Gasteiger partial charge in [-0.15, -0.1) is 0 Å². The van der Waals surface area contributed by atoms with Gasteiger partial charge in [-0.25, -0.2) is 4.79 Å². The zero-order chi connectivity index (χ0) is 15.0. The summed E-state index contributed by atoms with van der Waals surface area (Å²) in [6.45, 7) is 0.752. The predicted molar refractivity (Wildman–Crippen MR) is 76.6 cm³/mol. The first-order valence-electron chi connectivity index (χ1n) is 7.14. The molecule has 1 aromatic rings. The molecule has 1 amide bonds. The zero-order valence-electron chi connectivity index (χ0n) is 11.6. The van der Waals surface area contributed by atoms with E-state index in [-0.39, 0.29) is 29.2 Å². The first-order chi connectivity index (χ1) is 10.1. The van der Waals surface area contributed by atoms with Crippen molar-refractivity contribution in [3.05, 3.63) is 23.8 Å². The molecule has 1 aliphatic heterocycles. The Morgan fingerprint density at radius 2 is 2.14 bits per heavy atom. The Morgan fingerprint density at radius 3 is 2.81 bits per heavy atom. The molecule has 2 aliphatic rings. The second kappa shape index (κ2) is 5.37. The molecule has 3 N–H and O–H groups in total. The average Bonchev–Trinajstić information content (AvgIpc) is 2.91. The number of benzene rings is 1. The van der Waals surface area contributed by atoms with Gasteiger partial charge in [0.15, 0.2) is 5.75 Å². The van der Waals surface area contributed by atoms with Crippen LogP contribution in [0.25, 0.3) is 0 Å². The normalized spacial score (nSPS) is 24.3. The van der Waals surface area contributed by atoms with E-state index in [9.17, 15) is 14.7 Å². The number of aromatic carboxylic acids is 1. The van der Waals surface area contributed by atoms with Crippen molar-refractivity contribution in [1.82, 2.24) is 0 Å². The molecule has 6 heteroatoms. The number of ether oxygens (including phenoxy) is 1. The smallest absolute Gasteiger partial charge is 0.339 e. The van der Waals surface area contributed by atoms with Crippen molar-refractivity contribution in [3.8, 4) is 5.75 Å². The van der Waals surface area contributed by atoms with Gasteiger partial charge in [0.05, 0.1) is 12.2 Å². The van der Waals surface area contributed by atoms with Gasteiger partial charge >= 0.3 is 5.97 Å². The summed E-state index contributed by atoms with van der Waals surface area (Å²) in [7, 11) is 0. The summed E-state index contributed by atoms with van der Waals surface area (Å²) in [5.74, 6) is -0.814. The molecule has 1 aliphatic carbocycles. The Bertz CT molecular complexity index is 587. The molecule has 0 spiro atoms. The van der Waals surface area contributed by atoms with Crippen molar-refractivity contribution in [2.45, 2.75) is 25.3 Å². The van der Waals surface area contributed by atoms with E-state index in [0.717, 1.165) is 12.8 Å². The maximum Gasteiger partial charge on any atom is 0.339 e. The first kappa shape index (κ1) is 13.9. The Kier molecular flexibility index (Phi) is 3.55. The minimum Gasteiger partial charge on any atom is -0.489 e. The van der Waals surface area contributed by atoms with E-state index in [2.05, 4.69) is 0 Å². The SMILES string of the molecule is NC1CCC(C(=O)N2CCOc3c(C(=O)O)cccc32)C1. The fourth-order valence-electron chi connectivity index (χ4n) is 3.11. The van der Waals surface area contributed by atoms with Crippen LogP contribution in [0.2, 0.25) is 0 Å². The fourth-order valence-corrected chi connectivity index (χ4v) is 3.11. The lowest BCUT2D eigenvalue weighted by molar-refractivity contribution is -0.122. The van der Waals surface area contributed by atoms with E-state index in [1.807, 2.05) is 0 Å². The molecule has 112 valence electrons. The molecule has 2 unspecified atom stereocenters. The molecule has 1 aromatic carbocycles. The Hall–Kier alpha value is -2.08. The molecule has 3 rings (SSSR count). The summed E-state index contributed by atoms with van der Waals surface area (Å²) in [5.41, 5.74) is 6.52. The highest BCUT2D eigenvalue weighted by Gasteiger charge is 2.34. The standard InChI is InChI=1S/C15H18N2O4/c16-10-5-4-9(8-10)14(18)17-6-7-21-13-11(15(19)20)2-1-3-12(13)17/h1-3,9-10H,4-8,16H2,(H,19,20). The summed E-state index contributed by atoms with van der Waals surface area (Å²) < 4.78 is 5.48. The number of carbonyl (C=O) groups is 2. The number of para-hydroxylation sites is 1. The lowest BCUT2D eigenvalue weighted by Gasteiger charge is -2.32. The number of rotatable bonds is 2. The van der Waals surface area contributed by atoms with E-state index in [1.54, 1.807) is 17.0 Å². The van der Waals surface area contributed by atoms with Gasteiger partial charge in [0, 0.05) is 12.0 Å². The summed E-state index contributed by atoms with van der Waals surface area (Å²) in [6, 6.07) is 4.94. The highest BCUT2D eigenvalue weighted by Crippen LogP contribution is 2.37. The van der Waals surface area contributed by atoms with Crippen LogP contribution >= 0.6 is 0 Å². The van der Waals surface area contributed by atoms with Crippen LogP contribution < -0.4 is 15.4 Å². The molecule has 2 atom stereocenters. The third-order valence-electron chi connectivity index (χ3n) is 4.17. The summed E-state index contributed by atoms with van der Waals surface area (Å²) in [4.78, 5) is 25.6. The van der Waals surface area contributed by atoms with Crippen LogP contribution in [0.5, 0.6) is 5.75 Å². The van der Waals surface area contributed by atoms with E-state index in [0.29, 0.717) is 25.3 Å². The largest absolute Gasteiger partial charge is 0.489 e. The minimum absolute atomic E-state index is 0.0232. The van der Waals surface area contributed by atoms with Gasteiger partial charge in [-0.05, 0) is 31.4 Å². The van der Waals surface area contributed by atoms with Crippen LogP contribution in [0.3, 0.4) is 0 Å². The second-order valence-corrected chi connectivity index (χ2v) is 5.57. The molecule has 21 heavy (non-hydrogen) atoms. The fraction of sp³-hybridized carbons (Fsp3) is 0.467. The van der Waals surface area contributed by atoms with E-state index < -0.39 is 5.97 Å². The molecule has 6 nitrogen and oxygen atoms in total. The van der Waals surface area contributed by atoms with Crippen molar-refractivity contribution < 1.29 is 19.4 Å². The maximum atomic E-state index is 12.7. The molecule has 0 saturated heterocycles. The van der Waals surface area contributed by atoms with Gasteiger partial charge in [0.1, 0.15) is 12.2 Å². The minimum atomic E-state index is -1.05. The van der Waals surface area contributed by atoms with Gasteiger partial charge in [-0.3, -0.25) is 4.79 Å². The molecule has 0 radical (unpaired) electrons. The Balaban J connectivity index is 1.92. The molecule has 1 heterocycles. The molecule has 1 fully saturated rings. The van der Waals surface area contributed by atoms with Gasteiger partial charge < -0.3 is 20.5 Å². The number of hydrogen-bond acceptors (Lipinski definition) is 4. The number of hydrogen-bond donors (Lipinski definition) is 2. The average molecular weight is 290 g/mol. The van der Waals surface area contributed by atoms with E-state index in [4.69, 9.17) is 10.5 Å². The number of amides is 1. The third kappa shape index (κ3) is 2.47. The van der Waals surface area contributed by atoms with E-state index >= 15 is 0 Å². The monoisotopic (exact) mass is 290 g/mol. The third-order valence-corrected chi connectivity index (χ3v) is 4.17. The van der Waals surface area contributed by atoms with Crippen molar-refractivity contribution in [1.29, 1.82) is 0 Å². The van der Waals surface area contributed by atoms with Crippen molar-refractivity contribution in [2.75, 3.05) is 18.1 Å². The van der Waals surface area contributed by atoms with Crippen LogP contribution in [-0.4, -0.2) is 36.2 Å². The van der Waals surface area contributed by atoms with Crippen molar-refractivity contribution in [2.24, 2.45) is 11.7 Å². The van der Waals surface area contributed by atoms with Crippen LogP contribution in [0.4, 0.5) is 5.69 Å². The molecular formula is C15H18N2O4. The zero-order valence-corrected chi connectivity index (χ0v) is 11.6. The second-order valence-electron chi connectivity index (χ2n) is 5.57. The van der Waals surface area contributed by atoms with E-state index in [1.165, 1.54) is 6.07 Å². The lowest BCUT2D eigenvalue weighted by Crippen LogP contribution is -2.41. The highest BCUT2D eigenvalue weighted by atomic mass is 16.5.